The average Bonchev–Trinajstić information content (AvgIpc) is 3.53. The number of nitrogens with zero attached hydrogens (tertiary/aromatic N) is 3. The number of phenols is 1. The summed E-state index contributed by atoms with van der Waals surface area (Å²) in [5, 5.41) is 21.5. The van der Waals surface area contributed by atoms with Crippen molar-refractivity contribution >= 4 is 29.1 Å². The molecule has 180 valence electrons. The molecule has 2 heterocycles. The zero-order valence-corrected chi connectivity index (χ0v) is 20.0. The molecule has 0 radical (unpaired) electrons. The van der Waals surface area contributed by atoms with Crippen molar-refractivity contribution in [1.29, 1.82) is 0 Å². The summed E-state index contributed by atoms with van der Waals surface area (Å²) in [7, 11) is 1.49. The molecule has 0 fully saturated rings. The fourth-order valence-electron chi connectivity index (χ4n) is 3.34. The van der Waals surface area contributed by atoms with Crippen molar-refractivity contribution < 1.29 is 23.8 Å². The molecule has 0 spiro atoms. The van der Waals surface area contributed by atoms with E-state index in [1.165, 1.54) is 18.9 Å². The first-order valence-corrected chi connectivity index (χ1v) is 11.9. The second kappa shape index (κ2) is 10.9. The molecule has 0 saturated carbocycles. The van der Waals surface area contributed by atoms with Crippen molar-refractivity contribution in [2.45, 2.75) is 25.0 Å². The number of rotatable bonds is 10. The summed E-state index contributed by atoms with van der Waals surface area (Å²) in [6.07, 6.45) is 1.93. The summed E-state index contributed by atoms with van der Waals surface area (Å²) in [4.78, 5) is 24.7. The number of benzene rings is 2. The normalized spacial score (nSPS) is 10.8. The topological polar surface area (TPSA) is 119 Å². The number of phenolic OH excluding ortho intramolecular Hbond substituents is 1. The Morgan fingerprint density at radius 3 is 2.63 bits per heavy atom. The largest absolute Gasteiger partial charge is 0.508 e. The highest BCUT2D eigenvalue weighted by atomic mass is 32.2. The molecule has 0 aliphatic rings. The van der Waals surface area contributed by atoms with E-state index in [2.05, 4.69) is 15.5 Å². The van der Waals surface area contributed by atoms with Gasteiger partial charge in [0.15, 0.2) is 16.8 Å². The van der Waals surface area contributed by atoms with E-state index in [9.17, 15) is 14.7 Å². The molecule has 0 aliphatic carbocycles. The number of hydrogen-bond acceptors (Lipinski definition) is 8. The lowest BCUT2D eigenvalue weighted by Gasteiger charge is -2.11. The number of Topliss-reactive ketones (excluding diaryl/α,β-unsaturated/α-hetero) is 1. The number of carbonyl (C=O) groups excluding carboxylic acids is 2. The van der Waals surface area contributed by atoms with E-state index in [0.29, 0.717) is 46.7 Å². The number of ether oxygens (including phenoxy) is 1. The minimum absolute atomic E-state index is 0.121. The molecule has 2 aromatic carbocycles. The van der Waals surface area contributed by atoms with Gasteiger partial charge in [0, 0.05) is 17.5 Å². The summed E-state index contributed by atoms with van der Waals surface area (Å²) in [5.74, 6) is 1.73. The maximum absolute atomic E-state index is 13.0. The third-order valence-electron chi connectivity index (χ3n) is 5.19. The minimum Gasteiger partial charge on any atom is -0.508 e. The Hall–Kier alpha value is -4.05. The molecular weight excluding hydrogens is 468 g/mol. The molecule has 0 atom stereocenters. The Bertz CT molecular complexity index is 1320. The van der Waals surface area contributed by atoms with E-state index < -0.39 is 0 Å². The molecule has 2 aromatic heterocycles. The van der Waals surface area contributed by atoms with Crippen LogP contribution in [0.1, 0.15) is 29.5 Å². The standard InChI is InChI=1S/C25H24N4O5S/c1-3-23(32)26-20-11-8-17(13-22(20)33-2)21(31)15-35-25-28-27-24(16-6-9-18(30)10-7-16)29(25)14-19-5-4-12-34-19/h4-13,30H,3,14-15H2,1-2H3,(H,26,32). The predicted molar refractivity (Wildman–Crippen MR) is 132 cm³/mol. The Balaban J connectivity index is 1.54. The summed E-state index contributed by atoms with van der Waals surface area (Å²) >= 11 is 1.26. The highest BCUT2D eigenvalue weighted by Crippen LogP contribution is 2.29. The molecular formula is C25H24N4O5S. The van der Waals surface area contributed by atoms with Crippen molar-refractivity contribution in [3.63, 3.8) is 0 Å². The number of ketones is 1. The molecule has 9 nitrogen and oxygen atoms in total. The molecule has 35 heavy (non-hydrogen) atoms. The van der Waals surface area contributed by atoms with E-state index in [4.69, 9.17) is 9.15 Å². The van der Waals surface area contributed by atoms with Crippen LogP contribution in [-0.2, 0) is 11.3 Å². The maximum atomic E-state index is 13.0. The molecule has 2 N–H and O–H groups in total. The molecule has 0 aliphatic heterocycles. The number of hydrogen-bond donors (Lipinski definition) is 2. The number of thioether (sulfide) groups is 1. The second-order valence-corrected chi connectivity index (χ2v) is 8.49. The third kappa shape index (κ3) is 5.72. The van der Waals surface area contributed by atoms with Crippen LogP contribution < -0.4 is 10.1 Å². The Kier molecular flexibility index (Phi) is 7.51. The smallest absolute Gasteiger partial charge is 0.224 e. The SMILES string of the molecule is CCC(=O)Nc1ccc(C(=O)CSc2nnc(-c3ccc(O)cc3)n2Cc2ccco2)cc1OC. The number of carbonyl (C=O) groups is 2. The van der Waals surface area contributed by atoms with Crippen LogP contribution in [0.5, 0.6) is 11.5 Å². The molecule has 10 heteroatoms. The molecule has 0 saturated heterocycles. The predicted octanol–water partition coefficient (Wildman–Crippen LogP) is 4.62. The van der Waals surface area contributed by atoms with Crippen molar-refractivity contribution in [2.24, 2.45) is 0 Å². The van der Waals surface area contributed by atoms with Crippen molar-refractivity contribution in [2.75, 3.05) is 18.2 Å². The zero-order chi connectivity index (χ0) is 24.8. The monoisotopic (exact) mass is 492 g/mol. The van der Waals surface area contributed by atoms with Crippen LogP contribution in [0.3, 0.4) is 0 Å². The van der Waals surface area contributed by atoms with Crippen molar-refractivity contribution in [3.8, 4) is 22.9 Å². The molecule has 4 rings (SSSR count). The van der Waals surface area contributed by atoms with Crippen LogP contribution in [0.25, 0.3) is 11.4 Å². The van der Waals surface area contributed by atoms with Crippen LogP contribution >= 0.6 is 11.8 Å². The van der Waals surface area contributed by atoms with E-state index in [0.717, 1.165) is 5.56 Å². The van der Waals surface area contributed by atoms with Gasteiger partial charge in [0.05, 0.1) is 31.4 Å². The van der Waals surface area contributed by atoms with Crippen LogP contribution in [0.4, 0.5) is 5.69 Å². The summed E-state index contributed by atoms with van der Waals surface area (Å²) < 4.78 is 12.7. The van der Waals surface area contributed by atoms with Gasteiger partial charge in [-0.15, -0.1) is 10.2 Å². The number of furan rings is 1. The highest BCUT2D eigenvalue weighted by molar-refractivity contribution is 7.99. The van der Waals surface area contributed by atoms with Gasteiger partial charge in [-0.2, -0.15) is 0 Å². The molecule has 4 aromatic rings. The van der Waals surface area contributed by atoms with E-state index in [-0.39, 0.29) is 23.2 Å². The van der Waals surface area contributed by atoms with Gasteiger partial charge in [-0.05, 0) is 54.6 Å². The van der Waals surface area contributed by atoms with Gasteiger partial charge in [-0.3, -0.25) is 14.2 Å². The minimum atomic E-state index is -0.141. The van der Waals surface area contributed by atoms with Crippen LogP contribution in [0, 0.1) is 0 Å². The number of methoxy groups -OCH3 is 1. The Morgan fingerprint density at radius 2 is 1.94 bits per heavy atom. The molecule has 1 amide bonds. The van der Waals surface area contributed by atoms with Crippen LogP contribution in [0.15, 0.2) is 70.4 Å². The lowest BCUT2D eigenvalue weighted by atomic mass is 10.1. The van der Waals surface area contributed by atoms with Gasteiger partial charge >= 0.3 is 0 Å². The first-order chi connectivity index (χ1) is 17.0. The third-order valence-corrected chi connectivity index (χ3v) is 6.15. The molecule has 0 bridgehead atoms. The van der Waals surface area contributed by atoms with E-state index in [1.807, 2.05) is 10.6 Å². The Morgan fingerprint density at radius 1 is 1.14 bits per heavy atom. The average molecular weight is 493 g/mol. The quantitative estimate of drug-likeness (QED) is 0.243. The fourth-order valence-corrected chi connectivity index (χ4v) is 4.17. The lowest BCUT2D eigenvalue weighted by molar-refractivity contribution is -0.115. The van der Waals surface area contributed by atoms with Gasteiger partial charge < -0.3 is 19.6 Å². The van der Waals surface area contributed by atoms with E-state index in [1.54, 1.807) is 61.7 Å². The number of aromatic hydroxyl groups is 1. The maximum Gasteiger partial charge on any atom is 0.224 e. The van der Waals surface area contributed by atoms with Gasteiger partial charge in [-0.25, -0.2) is 0 Å². The first-order valence-electron chi connectivity index (χ1n) is 10.9. The van der Waals surface area contributed by atoms with Crippen LogP contribution in [-0.4, -0.2) is 44.4 Å². The fraction of sp³-hybridized carbons (Fsp3) is 0.200. The summed E-state index contributed by atoms with van der Waals surface area (Å²) in [6, 6.07) is 15.3. The second-order valence-electron chi connectivity index (χ2n) is 7.55. The summed E-state index contributed by atoms with van der Waals surface area (Å²) in [6.45, 7) is 2.14. The number of nitrogens with one attached hydrogen (secondary N) is 1. The van der Waals surface area contributed by atoms with Gasteiger partial charge in [0.1, 0.15) is 17.3 Å². The van der Waals surface area contributed by atoms with Crippen molar-refractivity contribution in [3.05, 3.63) is 72.2 Å². The summed E-state index contributed by atoms with van der Waals surface area (Å²) in [5.41, 5.74) is 1.74. The number of amides is 1. The van der Waals surface area contributed by atoms with E-state index >= 15 is 0 Å². The van der Waals surface area contributed by atoms with Gasteiger partial charge in [0.2, 0.25) is 5.91 Å². The van der Waals surface area contributed by atoms with Crippen molar-refractivity contribution in [1.82, 2.24) is 14.8 Å². The number of aromatic nitrogens is 3. The first kappa shape index (κ1) is 24.1. The highest BCUT2D eigenvalue weighted by Gasteiger charge is 2.18. The lowest BCUT2D eigenvalue weighted by Crippen LogP contribution is -2.11. The van der Waals surface area contributed by atoms with Gasteiger partial charge in [0.25, 0.3) is 0 Å². The Labute approximate surface area is 206 Å². The molecule has 0 unspecified atom stereocenters. The van der Waals surface area contributed by atoms with Gasteiger partial charge in [-0.1, -0.05) is 18.7 Å². The zero-order valence-electron chi connectivity index (χ0n) is 19.2. The van der Waals surface area contributed by atoms with Crippen LogP contribution in [0.2, 0.25) is 0 Å². The number of anilines is 1.